The van der Waals surface area contributed by atoms with E-state index in [-0.39, 0.29) is 31.1 Å². The van der Waals surface area contributed by atoms with Crippen LogP contribution in [0.15, 0.2) is 24.3 Å². The molecule has 0 aliphatic heterocycles. The van der Waals surface area contributed by atoms with Crippen LogP contribution in [-0.4, -0.2) is 37.2 Å². The van der Waals surface area contributed by atoms with Gasteiger partial charge in [-0.25, -0.2) is 0 Å². The molecular formula is C63H118O6. The number of carbonyl (C=O) groups is 3. The summed E-state index contributed by atoms with van der Waals surface area (Å²) in [5.41, 5.74) is 0. The van der Waals surface area contributed by atoms with Crippen molar-refractivity contribution in [2.45, 2.75) is 348 Å². The Kier molecular flexibility index (Phi) is 56.7. The smallest absolute Gasteiger partial charge is 0.306 e. The lowest BCUT2D eigenvalue weighted by molar-refractivity contribution is -0.167. The van der Waals surface area contributed by atoms with Gasteiger partial charge in [-0.2, -0.15) is 0 Å². The van der Waals surface area contributed by atoms with Gasteiger partial charge in [0.25, 0.3) is 0 Å². The van der Waals surface area contributed by atoms with Crippen molar-refractivity contribution in [3.63, 3.8) is 0 Å². The maximum absolute atomic E-state index is 12.9. The van der Waals surface area contributed by atoms with E-state index in [9.17, 15) is 14.4 Å². The van der Waals surface area contributed by atoms with Crippen LogP contribution in [0.1, 0.15) is 342 Å². The molecule has 406 valence electrons. The highest BCUT2D eigenvalue weighted by Gasteiger charge is 2.19. The van der Waals surface area contributed by atoms with E-state index in [0.717, 1.165) is 70.6 Å². The first kappa shape index (κ1) is 66.9. The van der Waals surface area contributed by atoms with Crippen LogP contribution in [0, 0.1) is 0 Å². The summed E-state index contributed by atoms with van der Waals surface area (Å²) in [6, 6.07) is 0. The SMILES string of the molecule is CCCCC/C=C\C/C=C\CCCCCCCCCC(=O)OC(COC(=O)CCCCCCCCCCCCCC)COC(=O)CCCCCCCCCCCCCCCCCCCCCCCC. The molecule has 6 nitrogen and oxygen atoms in total. The predicted molar refractivity (Wildman–Crippen MR) is 298 cm³/mol. The summed E-state index contributed by atoms with van der Waals surface area (Å²) in [5.74, 6) is -0.853. The van der Waals surface area contributed by atoms with Crippen LogP contribution >= 0.6 is 0 Å². The number of carbonyl (C=O) groups excluding carboxylic acids is 3. The Balaban J connectivity index is 4.25. The van der Waals surface area contributed by atoms with Gasteiger partial charge in [-0.05, 0) is 51.4 Å². The van der Waals surface area contributed by atoms with Gasteiger partial charge >= 0.3 is 17.9 Å². The lowest BCUT2D eigenvalue weighted by atomic mass is 10.0. The monoisotopic (exact) mass is 971 g/mol. The average molecular weight is 972 g/mol. The number of hydrogen-bond donors (Lipinski definition) is 0. The van der Waals surface area contributed by atoms with Crippen LogP contribution in [0.5, 0.6) is 0 Å². The summed E-state index contributed by atoms with van der Waals surface area (Å²) in [6.07, 6.45) is 68.9. The topological polar surface area (TPSA) is 78.9 Å². The Labute approximate surface area is 430 Å². The third kappa shape index (κ3) is 56.7. The van der Waals surface area contributed by atoms with Gasteiger partial charge in [0, 0.05) is 19.3 Å². The molecular weight excluding hydrogens is 853 g/mol. The molecule has 0 spiro atoms. The Bertz CT molecular complexity index is 1110. The first-order valence-electron chi connectivity index (χ1n) is 30.8. The Hall–Kier alpha value is -2.11. The summed E-state index contributed by atoms with van der Waals surface area (Å²) in [4.78, 5) is 38.2. The zero-order valence-corrected chi connectivity index (χ0v) is 46.6. The molecule has 0 rings (SSSR count). The molecule has 0 aliphatic carbocycles. The van der Waals surface area contributed by atoms with Gasteiger partial charge in [-0.15, -0.1) is 0 Å². The van der Waals surface area contributed by atoms with Crippen molar-refractivity contribution in [1.29, 1.82) is 0 Å². The van der Waals surface area contributed by atoms with E-state index in [1.807, 2.05) is 0 Å². The van der Waals surface area contributed by atoms with Gasteiger partial charge in [-0.1, -0.05) is 295 Å². The van der Waals surface area contributed by atoms with Crippen LogP contribution in [-0.2, 0) is 28.6 Å². The molecule has 0 aliphatic rings. The second kappa shape index (κ2) is 58.5. The molecule has 6 heteroatoms. The van der Waals surface area contributed by atoms with Gasteiger partial charge in [0.2, 0.25) is 0 Å². The molecule has 1 unspecified atom stereocenters. The number of allylic oxidation sites excluding steroid dienone is 4. The minimum absolute atomic E-state index is 0.0687. The molecule has 0 fully saturated rings. The highest BCUT2D eigenvalue weighted by Crippen LogP contribution is 2.18. The summed E-state index contributed by atoms with van der Waals surface area (Å²) < 4.78 is 16.9. The first-order valence-corrected chi connectivity index (χ1v) is 30.8. The van der Waals surface area contributed by atoms with E-state index in [0.29, 0.717) is 19.3 Å². The van der Waals surface area contributed by atoms with Crippen molar-refractivity contribution in [2.75, 3.05) is 13.2 Å². The predicted octanol–water partition coefficient (Wildman–Crippen LogP) is 20.7. The lowest BCUT2D eigenvalue weighted by Crippen LogP contribution is -2.30. The van der Waals surface area contributed by atoms with Crippen LogP contribution in [0.3, 0.4) is 0 Å². The van der Waals surface area contributed by atoms with Crippen molar-refractivity contribution in [3.8, 4) is 0 Å². The third-order valence-electron chi connectivity index (χ3n) is 14.0. The van der Waals surface area contributed by atoms with E-state index in [4.69, 9.17) is 14.2 Å². The second-order valence-corrected chi connectivity index (χ2v) is 21.0. The molecule has 69 heavy (non-hydrogen) atoms. The first-order chi connectivity index (χ1) is 34.0. The Morgan fingerprint density at radius 1 is 0.290 bits per heavy atom. The lowest BCUT2D eigenvalue weighted by Gasteiger charge is -2.18. The Morgan fingerprint density at radius 2 is 0.522 bits per heavy atom. The van der Waals surface area contributed by atoms with E-state index < -0.39 is 6.10 Å². The molecule has 0 saturated heterocycles. The molecule has 0 radical (unpaired) electrons. The minimum Gasteiger partial charge on any atom is -0.462 e. The molecule has 0 amide bonds. The van der Waals surface area contributed by atoms with Gasteiger partial charge in [-0.3, -0.25) is 14.4 Å². The number of unbranched alkanes of at least 4 members (excludes halogenated alkanes) is 42. The van der Waals surface area contributed by atoms with Gasteiger partial charge in [0.15, 0.2) is 6.10 Å². The van der Waals surface area contributed by atoms with Crippen molar-refractivity contribution in [3.05, 3.63) is 24.3 Å². The fourth-order valence-corrected chi connectivity index (χ4v) is 9.30. The zero-order valence-electron chi connectivity index (χ0n) is 46.6. The third-order valence-corrected chi connectivity index (χ3v) is 14.0. The van der Waals surface area contributed by atoms with E-state index in [1.54, 1.807) is 0 Å². The average Bonchev–Trinajstić information content (AvgIpc) is 3.35. The fourth-order valence-electron chi connectivity index (χ4n) is 9.30. The summed E-state index contributed by atoms with van der Waals surface area (Å²) in [7, 11) is 0. The van der Waals surface area contributed by atoms with Crippen LogP contribution < -0.4 is 0 Å². The molecule has 0 bridgehead atoms. The van der Waals surface area contributed by atoms with Crippen molar-refractivity contribution < 1.29 is 28.6 Å². The number of hydrogen-bond acceptors (Lipinski definition) is 6. The van der Waals surface area contributed by atoms with Crippen molar-refractivity contribution in [1.82, 2.24) is 0 Å². The molecule has 0 saturated carbocycles. The maximum Gasteiger partial charge on any atom is 0.306 e. The van der Waals surface area contributed by atoms with Crippen LogP contribution in [0.2, 0.25) is 0 Å². The number of ether oxygens (including phenoxy) is 3. The molecule has 0 N–H and O–H groups in total. The van der Waals surface area contributed by atoms with E-state index >= 15 is 0 Å². The molecule has 0 aromatic rings. The molecule has 1 atom stereocenters. The largest absolute Gasteiger partial charge is 0.462 e. The second-order valence-electron chi connectivity index (χ2n) is 21.0. The highest BCUT2D eigenvalue weighted by molar-refractivity contribution is 5.71. The van der Waals surface area contributed by atoms with Gasteiger partial charge in [0.1, 0.15) is 13.2 Å². The number of esters is 3. The standard InChI is InChI=1S/C63H118O6/c1-4-7-10-13-16-19-22-25-27-29-30-31-32-33-35-36-38-41-44-47-50-53-56-62(65)68-59-60(58-67-61(64)55-52-49-46-43-40-24-21-18-15-12-9-6-3)69-63(66)57-54-51-48-45-42-39-37-34-28-26-23-20-17-14-11-8-5-2/h17,20,26,28,60H,4-16,18-19,21-25,27,29-59H2,1-3H3/b20-17-,28-26-. The van der Waals surface area contributed by atoms with E-state index in [1.165, 1.54) is 231 Å². The molecule has 0 heterocycles. The van der Waals surface area contributed by atoms with Gasteiger partial charge < -0.3 is 14.2 Å². The fraction of sp³-hybridized carbons (Fsp3) is 0.889. The zero-order chi connectivity index (χ0) is 50.0. The summed E-state index contributed by atoms with van der Waals surface area (Å²) in [5, 5.41) is 0. The molecule has 0 aromatic heterocycles. The quantitative estimate of drug-likeness (QED) is 0.0261. The van der Waals surface area contributed by atoms with Gasteiger partial charge in [0.05, 0.1) is 0 Å². The Morgan fingerprint density at radius 3 is 0.826 bits per heavy atom. The van der Waals surface area contributed by atoms with Crippen molar-refractivity contribution >= 4 is 17.9 Å². The molecule has 0 aromatic carbocycles. The number of rotatable bonds is 57. The summed E-state index contributed by atoms with van der Waals surface area (Å²) in [6.45, 7) is 6.66. The van der Waals surface area contributed by atoms with Crippen molar-refractivity contribution in [2.24, 2.45) is 0 Å². The normalized spacial score (nSPS) is 12.1. The van der Waals surface area contributed by atoms with Crippen LogP contribution in [0.4, 0.5) is 0 Å². The summed E-state index contributed by atoms with van der Waals surface area (Å²) >= 11 is 0. The minimum atomic E-state index is -0.771. The maximum atomic E-state index is 12.9. The highest BCUT2D eigenvalue weighted by atomic mass is 16.6. The van der Waals surface area contributed by atoms with Crippen LogP contribution in [0.25, 0.3) is 0 Å². The van der Waals surface area contributed by atoms with E-state index in [2.05, 4.69) is 45.1 Å².